The lowest BCUT2D eigenvalue weighted by Gasteiger charge is -2.11. The summed E-state index contributed by atoms with van der Waals surface area (Å²) in [6, 6.07) is 42.9. The van der Waals surface area contributed by atoms with E-state index in [0.717, 1.165) is 55.7 Å². The fraction of sp³-hybridized carbons (Fsp3) is 0. The van der Waals surface area contributed by atoms with Gasteiger partial charge in [-0.15, -0.1) is 0 Å². The third-order valence-corrected chi connectivity index (χ3v) is 8.78. The highest BCUT2D eigenvalue weighted by atomic mass is 16.3. The molecule has 4 aromatic heterocycles. The van der Waals surface area contributed by atoms with Crippen molar-refractivity contribution in [3.8, 4) is 39.5 Å². The Hall–Kier alpha value is -5.74. The number of rotatable bonds is 2. The summed E-state index contributed by atoms with van der Waals surface area (Å²) in [7, 11) is 0. The molecule has 42 heavy (non-hydrogen) atoms. The first-order valence-corrected chi connectivity index (χ1v) is 14.2. The molecule has 0 unspecified atom stereocenters. The maximum absolute atomic E-state index is 6.08. The number of aromatic nitrogens is 3. The summed E-state index contributed by atoms with van der Waals surface area (Å²) in [4.78, 5) is 10.0. The van der Waals surface area contributed by atoms with E-state index in [2.05, 4.69) is 108 Å². The highest BCUT2D eigenvalue weighted by Crippen LogP contribution is 2.46. The Labute approximate surface area is 240 Å². The third-order valence-electron chi connectivity index (χ3n) is 8.78. The molecule has 4 heteroatoms. The minimum Gasteiger partial charge on any atom is -0.456 e. The van der Waals surface area contributed by atoms with E-state index < -0.39 is 0 Å². The molecular weight excluding hydrogens is 514 g/mol. The molecule has 4 heterocycles. The lowest BCUT2D eigenvalue weighted by molar-refractivity contribution is 0.669. The van der Waals surface area contributed by atoms with Crippen molar-refractivity contribution in [1.82, 2.24) is 14.5 Å². The van der Waals surface area contributed by atoms with Gasteiger partial charge in [0.2, 0.25) is 0 Å². The number of hydrogen-bond donors (Lipinski definition) is 0. The number of benzene rings is 5. The molecule has 1 aliphatic rings. The SMILES string of the molecule is c1cnc2c(c1)-c1cccc3cc(-n4c5ccccc5c5cc(-c6ccc7oc8ccccc8c7c6)ccc54)nc-2c13. The molecule has 0 amide bonds. The molecule has 194 valence electrons. The number of nitrogens with zero attached hydrogens (tertiary/aromatic N) is 3. The lowest BCUT2D eigenvalue weighted by atomic mass is 10.0. The molecule has 1 aliphatic carbocycles. The third kappa shape index (κ3) is 2.85. The Balaban J connectivity index is 1.22. The lowest BCUT2D eigenvalue weighted by Crippen LogP contribution is -1.99. The van der Waals surface area contributed by atoms with E-state index in [1.54, 1.807) is 0 Å². The van der Waals surface area contributed by atoms with Gasteiger partial charge in [-0.2, -0.15) is 0 Å². The van der Waals surface area contributed by atoms with Crippen LogP contribution in [-0.2, 0) is 0 Å². The molecule has 0 fully saturated rings. The molecule has 0 saturated carbocycles. The van der Waals surface area contributed by atoms with Crippen LogP contribution in [0.3, 0.4) is 0 Å². The van der Waals surface area contributed by atoms with Gasteiger partial charge in [-0.1, -0.05) is 72.8 Å². The number of fused-ring (bicyclic) bond motifs is 9. The number of para-hydroxylation sites is 2. The molecule has 0 N–H and O–H groups in total. The van der Waals surface area contributed by atoms with Crippen LogP contribution in [0, 0.1) is 0 Å². The average Bonchev–Trinajstić information content (AvgIpc) is 3.69. The van der Waals surface area contributed by atoms with Crippen LogP contribution >= 0.6 is 0 Å². The molecule has 0 atom stereocenters. The van der Waals surface area contributed by atoms with Crippen LogP contribution < -0.4 is 0 Å². The standard InChI is InChI=1S/C38H21N3O/c1-3-12-31-25(8-1)29-19-22(23-15-17-34-30(20-23)26-9-2-4-13-33(26)42-34)14-16-32(29)41(31)35-21-24-7-5-10-27-28-11-6-18-39-37(28)38(40-35)36(24)27/h1-21H. The average molecular weight is 536 g/mol. The van der Waals surface area contributed by atoms with Crippen molar-refractivity contribution >= 4 is 54.5 Å². The molecule has 5 aromatic carbocycles. The van der Waals surface area contributed by atoms with Crippen molar-refractivity contribution in [3.63, 3.8) is 0 Å². The summed E-state index contributed by atoms with van der Waals surface area (Å²) in [5.74, 6) is 0.901. The first kappa shape index (κ1) is 22.0. The van der Waals surface area contributed by atoms with Gasteiger partial charge in [-0.05, 0) is 70.6 Å². The van der Waals surface area contributed by atoms with Gasteiger partial charge in [-0.25, -0.2) is 4.98 Å². The van der Waals surface area contributed by atoms with Crippen LogP contribution in [0.4, 0.5) is 0 Å². The van der Waals surface area contributed by atoms with Crippen molar-refractivity contribution in [2.45, 2.75) is 0 Å². The van der Waals surface area contributed by atoms with Crippen molar-refractivity contribution in [2.75, 3.05) is 0 Å². The Morgan fingerprint density at radius 1 is 0.524 bits per heavy atom. The first-order chi connectivity index (χ1) is 20.8. The molecule has 0 spiro atoms. The van der Waals surface area contributed by atoms with Crippen molar-refractivity contribution in [1.29, 1.82) is 0 Å². The summed E-state index contributed by atoms with van der Waals surface area (Å²) >= 11 is 0. The van der Waals surface area contributed by atoms with Crippen molar-refractivity contribution in [3.05, 3.63) is 128 Å². The van der Waals surface area contributed by atoms with Crippen LogP contribution in [0.5, 0.6) is 0 Å². The highest BCUT2D eigenvalue weighted by molar-refractivity contribution is 6.15. The van der Waals surface area contributed by atoms with Gasteiger partial charge in [0.25, 0.3) is 0 Å². The van der Waals surface area contributed by atoms with Gasteiger partial charge in [0.1, 0.15) is 22.7 Å². The van der Waals surface area contributed by atoms with E-state index in [-0.39, 0.29) is 0 Å². The minimum atomic E-state index is 0.901. The van der Waals surface area contributed by atoms with Gasteiger partial charge < -0.3 is 4.42 Å². The predicted molar refractivity (Wildman–Crippen MR) is 171 cm³/mol. The zero-order valence-electron chi connectivity index (χ0n) is 22.4. The fourth-order valence-corrected chi connectivity index (χ4v) is 6.92. The molecule has 10 rings (SSSR count). The largest absolute Gasteiger partial charge is 0.456 e. The fourth-order valence-electron chi connectivity index (χ4n) is 6.92. The van der Waals surface area contributed by atoms with Crippen LogP contribution in [0.15, 0.2) is 132 Å². The van der Waals surface area contributed by atoms with Crippen LogP contribution in [0.1, 0.15) is 0 Å². The molecule has 0 saturated heterocycles. The quantitative estimate of drug-likeness (QED) is 0.221. The minimum absolute atomic E-state index is 0.901. The molecule has 9 aromatic rings. The Morgan fingerprint density at radius 2 is 1.29 bits per heavy atom. The van der Waals surface area contributed by atoms with Gasteiger partial charge >= 0.3 is 0 Å². The van der Waals surface area contributed by atoms with Gasteiger partial charge in [0.15, 0.2) is 0 Å². The van der Waals surface area contributed by atoms with E-state index in [1.807, 2.05) is 24.4 Å². The van der Waals surface area contributed by atoms with Crippen LogP contribution in [0.25, 0.3) is 94.0 Å². The van der Waals surface area contributed by atoms with E-state index in [0.29, 0.717) is 0 Å². The topological polar surface area (TPSA) is 43.9 Å². The molecule has 4 nitrogen and oxygen atoms in total. The second-order valence-corrected chi connectivity index (χ2v) is 11.0. The van der Waals surface area contributed by atoms with E-state index in [4.69, 9.17) is 14.4 Å². The second-order valence-electron chi connectivity index (χ2n) is 11.0. The summed E-state index contributed by atoms with van der Waals surface area (Å²) in [6.07, 6.45) is 1.86. The monoisotopic (exact) mass is 535 g/mol. The Kier molecular flexibility index (Phi) is 4.15. The molecule has 0 aliphatic heterocycles. The molecule has 0 radical (unpaired) electrons. The van der Waals surface area contributed by atoms with Crippen LogP contribution in [0.2, 0.25) is 0 Å². The maximum Gasteiger partial charge on any atom is 0.139 e. The summed E-state index contributed by atoms with van der Waals surface area (Å²) < 4.78 is 8.38. The van der Waals surface area contributed by atoms with Crippen LogP contribution in [-0.4, -0.2) is 14.5 Å². The van der Waals surface area contributed by atoms with Gasteiger partial charge in [-0.3, -0.25) is 9.55 Å². The van der Waals surface area contributed by atoms with Crippen molar-refractivity contribution < 1.29 is 4.42 Å². The smallest absolute Gasteiger partial charge is 0.139 e. The first-order valence-electron chi connectivity index (χ1n) is 14.2. The van der Waals surface area contributed by atoms with E-state index in [1.165, 1.54) is 38.2 Å². The molecule has 0 bridgehead atoms. The normalized spacial score (nSPS) is 12.3. The summed E-state index contributed by atoms with van der Waals surface area (Å²) in [5, 5.41) is 7.04. The second kappa shape index (κ2) is 7.93. The maximum atomic E-state index is 6.08. The zero-order chi connectivity index (χ0) is 27.4. The van der Waals surface area contributed by atoms with E-state index in [9.17, 15) is 0 Å². The Morgan fingerprint density at radius 3 is 2.24 bits per heavy atom. The summed E-state index contributed by atoms with van der Waals surface area (Å²) in [5.41, 5.74) is 10.7. The predicted octanol–water partition coefficient (Wildman–Crippen LogP) is 9.94. The number of pyridine rings is 2. The number of furan rings is 1. The Bertz CT molecular complexity index is 2590. The van der Waals surface area contributed by atoms with Crippen molar-refractivity contribution in [2.24, 2.45) is 0 Å². The zero-order valence-corrected chi connectivity index (χ0v) is 22.4. The summed E-state index contributed by atoms with van der Waals surface area (Å²) in [6.45, 7) is 0. The van der Waals surface area contributed by atoms with Gasteiger partial charge in [0, 0.05) is 38.7 Å². The number of hydrogen-bond acceptors (Lipinski definition) is 3. The highest BCUT2D eigenvalue weighted by Gasteiger charge is 2.25. The molecular formula is C38H21N3O. The van der Waals surface area contributed by atoms with Gasteiger partial charge in [0.05, 0.1) is 16.7 Å². The van der Waals surface area contributed by atoms with E-state index >= 15 is 0 Å².